The topological polar surface area (TPSA) is 29.1 Å². The van der Waals surface area contributed by atoms with E-state index in [0.717, 1.165) is 25.8 Å². The number of carbonyl (C=O) groups excluding carboxylic acids is 1. The van der Waals surface area contributed by atoms with Gasteiger partial charge in [0.25, 0.3) is 0 Å². The van der Waals surface area contributed by atoms with Crippen LogP contribution < -0.4 is 5.32 Å². The lowest BCUT2D eigenvalue weighted by atomic mass is 9.77. The number of nitrogens with one attached hydrogen (secondary N) is 1. The van der Waals surface area contributed by atoms with Gasteiger partial charge >= 0.3 is 0 Å². The Kier molecular flexibility index (Phi) is 2.74. The molecule has 0 radical (unpaired) electrons. The van der Waals surface area contributed by atoms with Crippen molar-refractivity contribution in [1.82, 2.24) is 5.32 Å². The SMILES string of the molecule is O=C1NCC2(Cc3ccccc3Br)CCC1C2. The number of rotatable bonds is 2. The predicted octanol–water partition coefficient (Wildman–Crippen LogP) is 2.91. The molecule has 1 saturated heterocycles. The van der Waals surface area contributed by atoms with E-state index in [1.165, 1.54) is 16.5 Å². The minimum absolute atomic E-state index is 0.269. The maximum Gasteiger partial charge on any atom is 0.223 e. The van der Waals surface area contributed by atoms with Crippen LogP contribution in [0.15, 0.2) is 28.7 Å². The van der Waals surface area contributed by atoms with Crippen molar-refractivity contribution < 1.29 is 4.79 Å². The number of hydrogen-bond acceptors (Lipinski definition) is 1. The van der Waals surface area contributed by atoms with Gasteiger partial charge in [-0.3, -0.25) is 4.79 Å². The van der Waals surface area contributed by atoms with Crippen LogP contribution in [0.4, 0.5) is 0 Å². The van der Waals surface area contributed by atoms with E-state index in [4.69, 9.17) is 0 Å². The molecular formula is C14H16BrNO. The van der Waals surface area contributed by atoms with E-state index in [2.05, 4.69) is 39.4 Å². The summed E-state index contributed by atoms with van der Waals surface area (Å²) in [6.07, 6.45) is 4.39. The van der Waals surface area contributed by atoms with Gasteiger partial charge in [-0.2, -0.15) is 0 Å². The van der Waals surface area contributed by atoms with Gasteiger partial charge in [-0.05, 0) is 42.7 Å². The van der Waals surface area contributed by atoms with Crippen LogP contribution in [-0.4, -0.2) is 12.5 Å². The molecule has 2 bridgehead atoms. The molecule has 1 aliphatic heterocycles. The molecular weight excluding hydrogens is 278 g/mol. The zero-order valence-electron chi connectivity index (χ0n) is 9.71. The van der Waals surface area contributed by atoms with E-state index in [-0.39, 0.29) is 11.8 Å². The first kappa shape index (κ1) is 11.3. The van der Waals surface area contributed by atoms with Gasteiger partial charge in [0.05, 0.1) is 0 Å². The Morgan fingerprint density at radius 2 is 2.24 bits per heavy atom. The number of fused-ring (bicyclic) bond motifs is 2. The zero-order valence-corrected chi connectivity index (χ0v) is 11.3. The van der Waals surface area contributed by atoms with Gasteiger partial charge in [-0.25, -0.2) is 0 Å². The Hall–Kier alpha value is -0.830. The predicted molar refractivity (Wildman–Crippen MR) is 70.6 cm³/mol. The van der Waals surface area contributed by atoms with Gasteiger partial charge in [0, 0.05) is 16.9 Å². The normalized spacial score (nSPS) is 31.4. The average Bonchev–Trinajstić information content (AvgIpc) is 2.68. The lowest BCUT2D eigenvalue weighted by Crippen LogP contribution is -2.44. The summed E-state index contributed by atoms with van der Waals surface area (Å²) in [5.74, 6) is 0.538. The molecule has 90 valence electrons. The van der Waals surface area contributed by atoms with Crippen molar-refractivity contribution in [3.8, 4) is 0 Å². The summed E-state index contributed by atoms with van der Waals surface area (Å²) < 4.78 is 1.19. The molecule has 2 fully saturated rings. The largest absolute Gasteiger partial charge is 0.355 e. The summed E-state index contributed by atoms with van der Waals surface area (Å²) in [5, 5.41) is 3.07. The highest BCUT2D eigenvalue weighted by Crippen LogP contribution is 2.46. The molecule has 2 nitrogen and oxygen atoms in total. The molecule has 1 aromatic rings. The second-order valence-electron chi connectivity index (χ2n) is 5.43. The average molecular weight is 294 g/mol. The van der Waals surface area contributed by atoms with E-state index in [9.17, 15) is 4.79 Å². The number of hydrogen-bond donors (Lipinski definition) is 1. The van der Waals surface area contributed by atoms with E-state index in [0.29, 0.717) is 5.41 Å². The molecule has 2 atom stereocenters. The minimum Gasteiger partial charge on any atom is -0.355 e. The molecule has 1 amide bonds. The van der Waals surface area contributed by atoms with Crippen molar-refractivity contribution in [3.05, 3.63) is 34.3 Å². The van der Waals surface area contributed by atoms with Crippen LogP contribution in [0, 0.1) is 11.3 Å². The monoisotopic (exact) mass is 293 g/mol. The van der Waals surface area contributed by atoms with Crippen LogP contribution in [0.25, 0.3) is 0 Å². The fourth-order valence-corrected chi connectivity index (χ4v) is 3.70. The molecule has 2 aliphatic rings. The molecule has 3 heteroatoms. The molecule has 1 heterocycles. The smallest absolute Gasteiger partial charge is 0.223 e. The number of amides is 1. The Morgan fingerprint density at radius 3 is 3.06 bits per heavy atom. The van der Waals surface area contributed by atoms with Crippen LogP contribution in [-0.2, 0) is 11.2 Å². The van der Waals surface area contributed by atoms with Crippen molar-refractivity contribution in [2.24, 2.45) is 11.3 Å². The lowest BCUT2D eigenvalue weighted by Gasteiger charge is -2.33. The molecule has 1 aromatic carbocycles. The van der Waals surface area contributed by atoms with Crippen LogP contribution in [0.3, 0.4) is 0 Å². The second kappa shape index (κ2) is 4.13. The first-order chi connectivity index (χ1) is 8.19. The number of piperidine rings is 1. The van der Waals surface area contributed by atoms with Crippen molar-refractivity contribution in [1.29, 1.82) is 0 Å². The van der Waals surface area contributed by atoms with Crippen LogP contribution in [0.1, 0.15) is 24.8 Å². The van der Waals surface area contributed by atoms with Crippen molar-refractivity contribution in [2.45, 2.75) is 25.7 Å². The summed E-state index contributed by atoms with van der Waals surface area (Å²) in [6, 6.07) is 8.42. The molecule has 1 N–H and O–H groups in total. The Balaban J connectivity index is 1.82. The molecule has 3 rings (SSSR count). The molecule has 17 heavy (non-hydrogen) atoms. The quantitative estimate of drug-likeness (QED) is 0.893. The van der Waals surface area contributed by atoms with Gasteiger partial charge in [-0.1, -0.05) is 34.1 Å². The highest BCUT2D eigenvalue weighted by molar-refractivity contribution is 9.10. The summed E-state index contributed by atoms with van der Waals surface area (Å²) >= 11 is 3.61. The van der Waals surface area contributed by atoms with Gasteiger partial charge in [0.2, 0.25) is 5.91 Å². The summed E-state index contributed by atoms with van der Waals surface area (Å²) in [4.78, 5) is 11.6. The van der Waals surface area contributed by atoms with E-state index < -0.39 is 0 Å². The lowest BCUT2D eigenvalue weighted by molar-refractivity contribution is -0.127. The highest BCUT2D eigenvalue weighted by atomic mass is 79.9. The number of benzene rings is 1. The summed E-state index contributed by atoms with van der Waals surface area (Å²) in [7, 11) is 0. The fourth-order valence-electron chi connectivity index (χ4n) is 3.28. The molecule has 1 saturated carbocycles. The number of carbonyl (C=O) groups is 1. The van der Waals surface area contributed by atoms with E-state index in [1.807, 2.05) is 6.07 Å². The fraction of sp³-hybridized carbons (Fsp3) is 0.500. The molecule has 2 unspecified atom stereocenters. The highest BCUT2D eigenvalue weighted by Gasteiger charge is 2.45. The Morgan fingerprint density at radius 1 is 1.41 bits per heavy atom. The maximum atomic E-state index is 11.6. The maximum absolute atomic E-state index is 11.6. The van der Waals surface area contributed by atoms with Crippen molar-refractivity contribution in [2.75, 3.05) is 6.54 Å². The van der Waals surface area contributed by atoms with Gasteiger partial charge in [-0.15, -0.1) is 0 Å². The first-order valence-corrected chi connectivity index (χ1v) is 6.99. The standard InChI is InChI=1S/C14H16BrNO/c15-12-4-2-1-3-10(12)7-14-6-5-11(8-14)13(17)16-9-14/h1-4,11H,5-9H2,(H,16,17). The van der Waals surface area contributed by atoms with Crippen LogP contribution in [0.2, 0.25) is 0 Å². The van der Waals surface area contributed by atoms with Gasteiger partial charge in [0.15, 0.2) is 0 Å². The summed E-state index contributed by atoms with van der Waals surface area (Å²) in [5.41, 5.74) is 1.67. The number of halogens is 1. The first-order valence-electron chi connectivity index (χ1n) is 6.20. The minimum atomic E-state index is 0.269. The molecule has 0 aromatic heterocycles. The van der Waals surface area contributed by atoms with Gasteiger partial charge < -0.3 is 5.32 Å². The van der Waals surface area contributed by atoms with Crippen molar-refractivity contribution in [3.63, 3.8) is 0 Å². The third-order valence-electron chi connectivity index (χ3n) is 4.23. The third-order valence-corrected chi connectivity index (χ3v) is 5.01. The van der Waals surface area contributed by atoms with E-state index in [1.54, 1.807) is 0 Å². The van der Waals surface area contributed by atoms with Crippen LogP contribution >= 0.6 is 15.9 Å². The summed E-state index contributed by atoms with van der Waals surface area (Å²) in [6.45, 7) is 0.851. The van der Waals surface area contributed by atoms with Crippen molar-refractivity contribution >= 4 is 21.8 Å². The third kappa shape index (κ3) is 2.01. The zero-order chi connectivity index (χ0) is 11.9. The Labute approximate surface area is 110 Å². The van der Waals surface area contributed by atoms with Gasteiger partial charge in [0.1, 0.15) is 0 Å². The molecule has 1 aliphatic carbocycles. The molecule has 0 spiro atoms. The second-order valence-corrected chi connectivity index (χ2v) is 6.28. The van der Waals surface area contributed by atoms with E-state index >= 15 is 0 Å². The van der Waals surface area contributed by atoms with Crippen LogP contribution in [0.5, 0.6) is 0 Å². The Bertz CT molecular complexity index is 459.